The highest BCUT2D eigenvalue weighted by molar-refractivity contribution is 5.27. The van der Waals surface area contributed by atoms with Gasteiger partial charge < -0.3 is 9.47 Å². The molecule has 0 spiro atoms. The van der Waals surface area contributed by atoms with E-state index in [1.54, 1.807) is 6.26 Å². The van der Waals surface area contributed by atoms with Crippen LogP contribution >= 0.6 is 0 Å². The molecule has 0 heterocycles. The number of hydrogen-bond donors (Lipinski definition) is 0. The Bertz CT molecular complexity index is 301. The van der Waals surface area contributed by atoms with Crippen molar-refractivity contribution in [2.75, 3.05) is 13.2 Å². The van der Waals surface area contributed by atoms with Crippen LogP contribution in [0.4, 0.5) is 0 Å². The van der Waals surface area contributed by atoms with Gasteiger partial charge >= 0.3 is 0 Å². The van der Waals surface area contributed by atoms with Crippen LogP contribution in [0.15, 0.2) is 36.6 Å². The second kappa shape index (κ2) is 7.80. The molecule has 0 saturated carbocycles. The van der Waals surface area contributed by atoms with Gasteiger partial charge in [-0.25, -0.2) is 0 Å². The first-order chi connectivity index (χ1) is 7.86. The summed E-state index contributed by atoms with van der Waals surface area (Å²) in [6.45, 7) is 5.27. The van der Waals surface area contributed by atoms with Gasteiger partial charge in [-0.15, -0.1) is 0 Å². The quantitative estimate of drug-likeness (QED) is 0.516. The number of benzene rings is 1. The molecule has 1 aromatic rings. The summed E-state index contributed by atoms with van der Waals surface area (Å²) in [5.41, 5.74) is 1.36. The zero-order chi connectivity index (χ0) is 11.6. The molecule has 0 radical (unpaired) electrons. The fourth-order valence-electron chi connectivity index (χ4n) is 1.41. The van der Waals surface area contributed by atoms with Crippen molar-refractivity contribution >= 4 is 0 Å². The highest BCUT2D eigenvalue weighted by Gasteiger charge is 1.94. The predicted octanol–water partition coefficient (Wildman–Crippen LogP) is 3.57. The Hall–Kier alpha value is -1.44. The Balaban J connectivity index is 2.26. The lowest BCUT2D eigenvalue weighted by Gasteiger charge is -2.06. The average molecular weight is 220 g/mol. The van der Waals surface area contributed by atoms with Gasteiger partial charge in [-0.2, -0.15) is 0 Å². The van der Waals surface area contributed by atoms with Crippen molar-refractivity contribution in [2.24, 2.45) is 0 Å². The molecule has 0 aromatic heterocycles. The van der Waals surface area contributed by atoms with Crippen molar-refractivity contribution < 1.29 is 9.47 Å². The summed E-state index contributed by atoms with van der Waals surface area (Å²) in [4.78, 5) is 0. The number of hydrogen-bond acceptors (Lipinski definition) is 2. The van der Waals surface area contributed by atoms with Gasteiger partial charge in [0.15, 0.2) is 0 Å². The third-order valence-electron chi connectivity index (χ3n) is 2.16. The lowest BCUT2D eigenvalue weighted by atomic mass is 10.1. The Morgan fingerprint density at radius 1 is 1.12 bits per heavy atom. The lowest BCUT2D eigenvalue weighted by molar-refractivity contribution is 0.179. The molecule has 0 amide bonds. The maximum atomic E-state index is 5.53. The third-order valence-corrected chi connectivity index (χ3v) is 2.16. The van der Waals surface area contributed by atoms with Crippen LogP contribution in [0, 0.1) is 0 Å². The number of rotatable bonds is 7. The molecule has 0 N–H and O–H groups in total. The van der Waals surface area contributed by atoms with Gasteiger partial charge in [0.25, 0.3) is 0 Å². The van der Waals surface area contributed by atoms with E-state index in [4.69, 9.17) is 9.47 Å². The normalized spacial score (nSPS) is 10.6. The molecule has 0 unspecified atom stereocenters. The zero-order valence-corrected chi connectivity index (χ0v) is 10.1. The first-order valence-electron chi connectivity index (χ1n) is 5.81. The maximum Gasteiger partial charge on any atom is 0.122 e. The highest BCUT2D eigenvalue weighted by Crippen LogP contribution is 2.13. The molecule has 0 aliphatic rings. The second-order valence-electron chi connectivity index (χ2n) is 3.58. The molecule has 16 heavy (non-hydrogen) atoms. The summed E-state index contributed by atoms with van der Waals surface area (Å²) >= 11 is 0. The van der Waals surface area contributed by atoms with Crippen molar-refractivity contribution in [3.63, 3.8) is 0 Å². The van der Waals surface area contributed by atoms with Gasteiger partial charge in [0.2, 0.25) is 0 Å². The van der Waals surface area contributed by atoms with Crippen LogP contribution in [-0.2, 0) is 11.2 Å². The molecule has 0 saturated heterocycles. The Labute approximate surface area is 97.9 Å². The van der Waals surface area contributed by atoms with Crippen LogP contribution in [0.25, 0.3) is 0 Å². The van der Waals surface area contributed by atoms with E-state index in [9.17, 15) is 0 Å². The molecule has 2 nitrogen and oxygen atoms in total. The predicted molar refractivity (Wildman–Crippen MR) is 66.7 cm³/mol. The largest absolute Gasteiger partial charge is 0.498 e. The van der Waals surface area contributed by atoms with Gasteiger partial charge in [-0.05, 0) is 31.0 Å². The summed E-state index contributed by atoms with van der Waals surface area (Å²) < 4.78 is 10.7. The molecule has 0 atom stereocenters. The molecule has 0 fully saturated rings. The first kappa shape index (κ1) is 12.6. The Morgan fingerprint density at radius 2 is 1.88 bits per heavy atom. The summed E-state index contributed by atoms with van der Waals surface area (Å²) in [5.74, 6) is 0.906. The molecule has 1 rings (SSSR count). The van der Waals surface area contributed by atoms with E-state index in [0.717, 1.165) is 12.2 Å². The summed E-state index contributed by atoms with van der Waals surface area (Å²) in [6, 6.07) is 8.26. The fraction of sp³-hybridized carbons (Fsp3) is 0.429. The van der Waals surface area contributed by atoms with Crippen molar-refractivity contribution in [1.29, 1.82) is 0 Å². The molecule has 0 aliphatic carbocycles. The minimum absolute atomic E-state index is 0.581. The molecular formula is C14H20O2. The molecule has 0 aliphatic heterocycles. The van der Waals surface area contributed by atoms with Gasteiger partial charge in [0.05, 0.1) is 6.26 Å². The van der Waals surface area contributed by atoms with E-state index >= 15 is 0 Å². The average Bonchev–Trinajstić information content (AvgIpc) is 2.31. The molecule has 88 valence electrons. The van der Waals surface area contributed by atoms with Crippen LogP contribution in [0.2, 0.25) is 0 Å². The summed E-state index contributed by atoms with van der Waals surface area (Å²) in [5, 5.41) is 0. The highest BCUT2D eigenvalue weighted by atomic mass is 16.5. The van der Waals surface area contributed by atoms with Gasteiger partial charge in [-0.3, -0.25) is 0 Å². The molecule has 1 aromatic carbocycles. The Kier molecular flexibility index (Phi) is 6.16. The van der Waals surface area contributed by atoms with E-state index in [-0.39, 0.29) is 0 Å². The number of aryl methyl sites for hydroxylation is 1. The van der Waals surface area contributed by atoms with Crippen LogP contribution < -0.4 is 4.74 Å². The monoisotopic (exact) mass is 220 g/mol. The third kappa shape index (κ3) is 4.87. The van der Waals surface area contributed by atoms with E-state index < -0.39 is 0 Å². The van der Waals surface area contributed by atoms with Crippen LogP contribution in [-0.4, -0.2) is 13.2 Å². The van der Waals surface area contributed by atoms with Crippen LogP contribution in [0.5, 0.6) is 5.75 Å². The fourth-order valence-corrected chi connectivity index (χ4v) is 1.41. The standard InChI is InChI=1S/C14H20O2/c1-3-5-13-6-8-14(9-7-13)16-12-11-15-10-4-2/h4,6-10H,3,5,11-12H2,1-2H3. The Morgan fingerprint density at radius 3 is 2.50 bits per heavy atom. The summed E-state index contributed by atoms with van der Waals surface area (Å²) in [7, 11) is 0. The molecular weight excluding hydrogens is 200 g/mol. The van der Waals surface area contributed by atoms with E-state index in [2.05, 4.69) is 19.1 Å². The van der Waals surface area contributed by atoms with Crippen molar-refractivity contribution in [2.45, 2.75) is 26.7 Å². The number of allylic oxidation sites excluding steroid dienone is 1. The van der Waals surface area contributed by atoms with Crippen molar-refractivity contribution in [3.8, 4) is 5.75 Å². The van der Waals surface area contributed by atoms with Gasteiger partial charge in [0, 0.05) is 0 Å². The SMILES string of the molecule is CC=COCCOc1ccc(CCC)cc1. The van der Waals surface area contributed by atoms with Crippen molar-refractivity contribution in [3.05, 3.63) is 42.2 Å². The topological polar surface area (TPSA) is 18.5 Å². The first-order valence-corrected chi connectivity index (χ1v) is 5.81. The van der Waals surface area contributed by atoms with E-state index in [1.807, 2.05) is 25.1 Å². The smallest absolute Gasteiger partial charge is 0.122 e. The van der Waals surface area contributed by atoms with Crippen molar-refractivity contribution in [1.82, 2.24) is 0 Å². The van der Waals surface area contributed by atoms with E-state index in [1.165, 1.54) is 12.0 Å². The van der Waals surface area contributed by atoms with E-state index in [0.29, 0.717) is 13.2 Å². The van der Waals surface area contributed by atoms with Gasteiger partial charge in [-0.1, -0.05) is 31.6 Å². The van der Waals surface area contributed by atoms with Crippen LogP contribution in [0.3, 0.4) is 0 Å². The summed E-state index contributed by atoms with van der Waals surface area (Å²) in [6.07, 6.45) is 5.84. The minimum Gasteiger partial charge on any atom is -0.498 e. The molecule has 0 bridgehead atoms. The lowest BCUT2D eigenvalue weighted by Crippen LogP contribution is -2.03. The number of ether oxygens (including phenoxy) is 2. The molecule has 2 heteroatoms. The second-order valence-corrected chi connectivity index (χ2v) is 3.58. The zero-order valence-electron chi connectivity index (χ0n) is 10.1. The maximum absolute atomic E-state index is 5.53. The van der Waals surface area contributed by atoms with Crippen LogP contribution in [0.1, 0.15) is 25.8 Å². The van der Waals surface area contributed by atoms with Gasteiger partial charge in [0.1, 0.15) is 19.0 Å². The minimum atomic E-state index is 0.581.